The molecule has 1 aliphatic rings. The lowest BCUT2D eigenvalue weighted by Gasteiger charge is -2.27. The van der Waals surface area contributed by atoms with E-state index in [1.807, 2.05) is 0 Å². The van der Waals surface area contributed by atoms with E-state index in [1.165, 1.54) is 25.3 Å². The van der Waals surface area contributed by atoms with Crippen molar-refractivity contribution in [3.8, 4) is 0 Å². The van der Waals surface area contributed by atoms with Crippen molar-refractivity contribution >= 4 is 11.7 Å². The molecule has 7 nitrogen and oxygen atoms in total. The molecule has 2 aromatic rings. The molecule has 3 rings (SSSR count). The van der Waals surface area contributed by atoms with Crippen molar-refractivity contribution in [3.05, 3.63) is 52.3 Å². The molecule has 0 aliphatic carbocycles. The van der Waals surface area contributed by atoms with Gasteiger partial charge in [0.25, 0.3) is 5.60 Å². The van der Waals surface area contributed by atoms with Gasteiger partial charge in [-0.1, -0.05) is 11.2 Å². The summed E-state index contributed by atoms with van der Waals surface area (Å²) >= 11 is 0. The highest BCUT2D eigenvalue weighted by Gasteiger charge is 2.64. The highest BCUT2D eigenvalue weighted by Crippen LogP contribution is 2.49. The van der Waals surface area contributed by atoms with Crippen LogP contribution in [0.2, 0.25) is 0 Å². The first-order chi connectivity index (χ1) is 14.8. The van der Waals surface area contributed by atoms with Crippen LogP contribution in [0.1, 0.15) is 39.3 Å². The molecule has 0 saturated carbocycles. The minimum absolute atomic E-state index is 0.170. The molecule has 1 atom stereocenters. The average Bonchev–Trinajstić information content (AvgIpc) is 3.32. The lowest BCUT2D eigenvalue weighted by Crippen LogP contribution is -2.43. The van der Waals surface area contributed by atoms with E-state index in [0.717, 1.165) is 7.11 Å². The Balaban J connectivity index is 2.02. The van der Waals surface area contributed by atoms with E-state index in [4.69, 9.17) is 4.84 Å². The molecule has 0 amide bonds. The number of nitrogens with zero attached hydrogens (tertiary/aromatic N) is 3. The second-order valence-corrected chi connectivity index (χ2v) is 6.98. The van der Waals surface area contributed by atoms with Crippen molar-refractivity contribution in [2.45, 2.75) is 38.0 Å². The maximum absolute atomic E-state index is 14.1. The summed E-state index contributed by atoms with van der Waals surface area (Å²) < 4.78 is 91.7. The number of hydrogen-bond acceptors (Lipinski definition) is 6. The van der Waals surface area contributed by atoms with Crippen molar-refractivity contribution in [2.24, 2.45) is 5.16 Å². The van der Waals surface area contributed by atoms with Gasteiger partial charge in [0.1, 0.15) is 18.1 Å². The summed E-state index contributed by atoms with van der Waals surface area (Å²) in [6, 6.07) is 4.38. The van der Waals surface area contributed by atoms with Crippen LogP contribution < -0.4 is 0 Å². The van der Waals surface area contributed by atoms with E-state index in [-0.39, 0.29) is 27.6 Å². The summed E-state index contributed by atoms with van der Waals surface area (Å²) in [4.78, 5) is 16.5. The predicted octanol–water partition coefficient (Wildman–Crippen LogP) is 4.18. The van der Waals surface area contributed by atoms with Gasteiger partial charge in [-0.25, -0.2) is 9.48 Å². The number of oxime groups is 1. The van der Waals surface area contributed by atoms with Gasteiger partial charge in [-0.15, -0.1) is 0 Å². The third kappa shape index (κ3) is 4.04. The molecular formula is C19H17F6N3O4. The molecule has 0 saturated heterocycles. The Labute approximate surface area is 177 Å². The number of aromatic nitrogens is 2. The molecule has 0 fully saturated rings. The standard InChI is InChI=1S/C19H17F6N3O4/c1-10-6-11(4-5-12(10)16(29)31-3)13-8-17(32-27-13,19(23,24)25)14-7-15(18(20,21)22)28(26-14)9-30-2/h4-7H,8-9H2,1-3H3. The number of hydrogen-bond donors (Lipinski definition) is 0. The molecule has 2 heterocycles. The van der Waals surface area contributed by atoms with Crippen LogP contribution in [-0.2, 0) is 32.8 Å². The first-order valence-corrected chi connectivity index (χ1v) is 8.99. The van der Waals surface area contributed by atoms with Gasteiger partial charge in [-0.05, 0) is 36.2 Å². The summed E-state index contributed by atoms with van der Waals surface area (Å²) in [5.74, 6) is -0.633. The van der Waals surface area contributed by atoms with E-state index in [9.17, 15) is 31.1 Å². The molecule has 0 N–H and O–H groups in total. The molecule has 32 heavy (non-hydrogen) atoms. The normalized spacial score (nSPS) is 19.0. The molecule has 0 bridgehead atoms. The van der Waals surface area contributed by atoms with Crippen LogP contribution in [0.15, 0.2) is 29.4 Å². The van der Waals surface area contributed by atoms with Crippen molar-refractivity contribution < 1.29 is 45.4 Å². The Morgan fingerprint density at radius 3 is 2.41 bits per heavy atom. The molecule has 1 aliphatic heterocycles. The number of halogens is 6. The number of alkyl halides is 6. The number of benzene rings is 1. The van der Waals surface area contributed by atoms with Gasteiger partial charge in [0.05, 0.1) is 24.8 Å². The number of esters is 1. The summed E-state index contributed by atoms with van der Waals surface area (Å²) in [6.07, 6.45) is -11.0. The quantitative estimate of drug-likeness (QED) is 0.489. The van der Waals surface area contributed by atoms with E-state index < -0.39 is 48.5 Å². The van der Waals surface area contributed by atoms with E-state index in [0.29, 0.717) is 5.56 Å². The van der Waals surface area contributed by atoms with Gasteiger partial charge in [0, 0.05) is 7.11 Å². The number of aryl methyl sites for hydroxylation is 1. The molecule has 1 unspecified atom stereocenters. The van der Waals surface area contributed by atoms with Crippen molar-refractivity contribution in [1.29, 1.82) is 0 Å². The van der Waals surface area contributed by atoms with Gasteiger partial charge >= 0.3 is 18.3 Å². The van der Waals surface area contributed by atoms with E-state index in [2.05, 4.69) is 19.7 Å². The number of carbonyl (C=O) groups excluding carboxylic acids is 1. The minimum atomic E-state index is -5.14. The van der Waals surface area contributed by atoms with Crippen LogP contribution in [0.25, 0.3) is 0 Å². The lowest BCUT2D eigenvalue weighted by atomic mass is 9.89. The smallest absolute Gasteiger partial charge is 0.437 e. The van der Waals surface area contributed by atoms with E-state index >= 15 is 0 Å². The van der Waals surface area contributed by atoms with Gasteiger partial charge in [0.2, 0.25) is 0 Å². The van der Waals surface area contributed by atoms with Crippen molar-refractivity contribution in [3.63, 3.8) is 0 Å². The summed E-state index contributed by atoms with van der Waals surface area (Å²) in [6.45, 7) is 0.829. The highest BCUT2D eigenvalue weighted by atomic mass is 19.4. The third-order valence-corrected chi connectivity index (χ3v) is 4.89. The molecule has 13 heteroatoms. The van der Waals surface area contributed by atoms with Crippen LogP contribution in [0.5, 0.6) is 0 Å². The van der Waals surface area contributed by atoms with Gasteiger partial charge in [-0.3, -0.25) is 0 Å². The SMILES string of the molecule is COCn1nc(C2(C(F)(F)F)CC(c3ccc(C(=O)OC)c(C)c3)=NO2)cc1C(F)(F)F. The maximum atomic E-state index is 14.1. The maximum Gasteiger partial charge on any atom is 0.437 e. The van der Waals surface area contributed by atoms with Crippen LogP contribution in [-0.4, -0.2) is 41.9 Å². The van der Waals surface area contributed by atoms with Crippen molar-refractivity contribution in [1.82, 2.24) is 9.78 Å². The second-order valence-electron chi connectivity index (χ2n) is 6.98. The van der Waals surface area contributed by atoms with Gasteiger partial charge in [-0.2, -0.15) is 31.4 Å². The second kappa shape index (κ2) is 8.11. The first kappa shape index (κ1) is 23.6. The Kier molecular flexibility index (Phi) is 5.98. The van der Waals surface area contributed by atoms with Crippen LogP contribution in [0, 0.1) is 6.92 Å². The molecule has 174 valence electrons. The summed E-state index contributed by atoms with van der Waals surface area (Å²) in [5, 5.41) is 6.98. The third-order valence-electron chi connectivity index (χ3n) is 4.89. The summed E-state index contributed by atoms with van der Waals surface area (Å²) in [5.41, 5.74) is -5.01. The van der Waals surface area contributed by atoms with Gasteiger partial charge < -0.3 is 14.3 Å². The topological polar surface area (TPSA) is 74.9 Å². The predicted molar refractivity (Wildman–Crippen MR) is 96.7 cm³/mol. The van der Waals surface area contributed by atoms with Crippen LogP contribution in [0.4, 0.5) is 26.3 Å². The molecule has 1 aromatic carbocycles. The van der Waals surface area contributed by atoms with E-state index in [1.54, 1.807) is 6.92 Å². The van der Waals surface area contributed by atoms with Crippen LogP contribution in [0.3, 0.4) is 0 Å². The van der Waals surface area contributed by atoms with Gasteiger partial charge in [0.15, 0.2) is 0 Å². The Morgan fingerprint density at radius 1 is 1.19 bits per heavy atom. The fourth-order valence-corrected chi connectivity index (χ4v) is 3.27. The molecule has 0 spiro atoms. The highest BCUT2D eigenvalue weighted by molar-refractivity contribution is 6.03. The zero-order valence-electron chi connectivity index (χ0n) is 17.0. The fourth-order valence-electron chi connectivity index (χ4n) is 3.27. The number of ether oxygens (including phenoxy) is 2. The first-order valence-electron chi connectivity index (χ1n) is 8.99. The Bertz CT molecular complexity index is 1060. The zero-order valence-corrected chi connectivity index (χ0v) is 17.0. The number of rotatable bonds is 5. The Morgan fingerprint density at radius 2 is 1.88 bits per heavy atom. The zero-order chi connectivity index (χ0) is 23.9. The Hall–Kier alpha value is -3.09. The minimum Gasteiger partial charge on any atom is -0.465 e. The van der Waals surface area contributed by atoms with Crippen molar-refractivity contribution in [2.75, 3.05) is 14.2 Å². The average molecular weight is 465 g/mol. The summed E-state index contributed by atoms with van der Waals surface area (Å²) in [7, 11) is 2.26. The fraction of sp³-hybridized carbons (Fsp3) is 0.421. The van der Waals surface area contributed by atoms with Crippen LogP contribution >= 0.6 is 0 Å². The monoisotopic (exact) mass is 465 g/mol. The largest absolute Gasteiger partial charge is 0.465 e. The molecular weight excluding hydrogens is 448 g/mol. The number of carbonyl (C=O) groups is 1. The molecule has 0 radical (unpaired) electrons. The number of methoxy groups -OCH3 is 2. The lowest BCUT2D eigenvalue weighted by molar-refractivity contribution is -0.277. The molecule has 1 aromatic heterocycles.